The van der Waals surface area contributed by atoms with Crippen molar-refractivity contribution in [2.75, 3.05) is 18.4 Å². The van der Waals surface area contributed by atoms with Crippen molar-refractivity contribution in [2.24, 2.45) is 11.1 Å². The molecule has 0 unspecified atom stereocenters. The third-order valence-corrected chi connectivity index (χ3v) is 4.70. The summed E-state index contributed by atoms with van der Waals surface area (Å²) >= 11 is 0. The van der Waals surface area contributed by atoms with Gasteiger partial charge in [0.2, 0.25) is 11.8 Å². The standard InChI is InChI=1S/C19H25N3O2.ClH/c1-3-19(4-2,13-20)18(24)21-12-17(23)22-16-11-7-9-14-8-5-6-10-15(14)16;/h5-11H,3-4,12-13,20H2,1-2H3,(H,21,24)(H,22,23);1H. The average Bonchev–Trinajstić information content (AvgIpc) is 2.62. The van der Waals surface area contributed by atoms with E-state index in [9.17, 15) is 9.59 Å². The molecule has 2 amide bonds. The summed E-state index contributed by atoms with van der Waals surface area (Å²) in [5.74, 6) is -0.416. The van der Waals surface area contributed by atoms with Crippen LogP contribution in [0.5, 0.6) is 0 Å². The fourth-order valence-corrected chi connectivity index (χ4v) is 2.83. The molecule has 4 N–H and O–H groups in total. The van der Waals surface area contributed by atoms with E-state index < -0.39 is 5.41 Å². The summed E-state index contributed by atoms with van der Waals surface area (Å²) in [6.07, 6.45) is 1.30. The normalized spacial score (nSPS) is 10.8. The lowest BCUT2D eigenvalue weighted by Gasteiger charge is -2.28. The number of rotatable bonds is 7. The van der Waals surface area contributed by atoms with Crippen molar-refractivity contribution in [2.45, 2.75) is 26.7 Å². The molecule has 2 aromatic carbocycles. The molecule has 0 radical (unpaired) electrons. The Morgan fingerprint density at radius 1 is 1.04 bits per heavy atom. The van der Waals surface area contributed by atoms with Crippen LogP contribution in [0.1, 0.15) is 26.7 Å². The number of fused-ring (bicyclic) bond motifs is 1. The van der Waals surface area contributed by atoms with E-state index in [2.05, 4.69) is 10.6 Å². The van der Waals surface area contributed by atoms with Gasteiger partial charge in [0.05, 0.1) is 12.0 Å². The Hall–Kier alpha value is -2.11. The number of carbonyl (C=O) groups is 2. The predicted molar refractivity (Wildman–Crippen MR) is 105 cm³/mol. The van der Waals surface area contributed by atoms with E-state index in [0.717, 1.165) is 16.5 Å². The number of anilines is 1. The molecule has 0 aliphatic heterocycles. The van der Waals surface area contributed by atoms with Crippen molar-refractivity contribution in [3.8, 4) is 0 Å². The van der Waals surface area contributed by atoms with Crippen LogP contribution in [-0.2, 0) is 9.59 Å². The minimum Gasteiger partial charge on any atom is -0.347 e. The smallest absolute Gasteiger partial charge is 0.243 e. The van der Waals surface area contributed by atoms with E-state index in [1.807, 2.05) is 56.3 Å². The first kappa shape index (κ1) is 20.9. The number of benzene rings is 2. The molecule has 0 heterocycles. The summed E-state index contributed by atoms with van der Waals surface area (Å²) in [5, 5.41) is 7.60. The van der Waals surface area contributed by atoms with Crippen molar-refractivity contribution < 1.29 is 9.59 Å². The molecular weight excluding hydrogens is 338 g/mol. The van der Waals surface area contributed by atoms with Crippen molar-refractivity contribution in [1.82, 2.24) is 5.32 Å². The van der Waals surface area contributed by atoms with Crippen LogP contribution in [0.3, 0.4) is 0 Å². The topological polar surface area (TPSA) is 84.2 Å². The Labute approximate surface area is 154 Å². The highest BCUT2D eigenvalue weighted by Gasteiger charge is 2.33. The molecule has 136 valence electrons. The predicted octanol–water partition coefficient (Wildman–Crippen LogP) is 3.08. The highest BCUT2D eigenvalue weighted by atomic mass is 35.5. The molecule has 0 aromatic heterocycles. The first-order valence-corrected chi connectivity index (χ1v) is 8.32. The van der Waals surface area contributed by atoms with Gasteiger partial charge in [0.25, 0.3) is 0 Å². The Bertz CT molecular complexity index is 716. The van der Waals surface area contributed by atoms with Crippen LogP contribution in [0.2, 0.25) is 0 Å². The molecule has 0 aliphatic rings. The van der Waals surface area contributed by atoms with Crippen LogP contribution >= 0.6 is 12.4 Å². The van der Waals surface area contributed by atoms with E-state index in [4.69, 9.17) is 5.73 Å². The van der Waals surface area contributed by atoms with Gasteiger partial charge in [0.15, 0.2) is 0 Å². The summed E-state index contributed by atoms with van der Waals surface area (Å²) in [4.78, 5) is 24.6. The number of nitrogens with one attached hydrogen (secondary N) is 2. The highest BCUT2D eigenvalue weighted by Crippen LogP contribution is 2.25. The zero-order valence-corrected chi connectivity index (χ0v) is 15.5. The fraction of sp³-hybridized carbons (Fsp3) is 0.368. The highest BCUT2D eigenvalue weighted by molar-refractivity contribution is 6.03. The Morgan fingerprint density at radius 3 is 2.32 bits per heavy atom. The van der Waals surface area contributed by atoms with Crippen LogP contribution in [-0.4, -0.2) is 24.9 Å². The number of hydrogen-bond donors (Lipinski definition) is 3. The second-order valence-corrected chi connectivity index (χ2v) is 5.95. The Morgan fingerprint density at radius 2 is 1.68 bits per heavy atom. The summed E-state index contributed by atoms with van der Waals surface area (Å²) in [6, 6.07) is 13.6. The Balaban J connectivity index is 0.00000312. The number of nitrogens with two attached hydrogens (primary N) is 1. The maximum atomic E-state index is 12.4. The molecule has 0 fully saturated rings. The van der Waals surface area contributed by atoms with E-state index in [1.54, 1.807) is 0 Å². The van der Waals surface area contributed by atoms with Crippen LogP contribution < -0.4 is 16.4 Å². The summed E-state index contributed by atoms with van der Waals surface area (Å²) in [7, 11) is 0. The van der Waals surface area contributed by atoms with Crippen LogP contribution in [0.15, 0.2) is 42.5 Å². The molecule has 25 heavy (non-hydrogen) atoms. The van der Waals surface area contributed by atoms with Gasteiger partial charge in [0.1, 0.15) is 0 Å². The molecule has 0 spiro atoms. The first-order valence-electron chi connectivity index (χ1n) is 8.32. The number of hydrogen-bond acceptors (Lipinski definition) is 3. The molecule has 0 saturated heterocycles. The Kier molecular flexibility index (Phi) is 7.87. The third-order valence-electron chi connectivity index (χ3n) is 4.70. The zero-order valence-electron chi connectivity index (χ0n) is 14.7. The minimum atomic E-state index is -0.597. The number of amides is 2. The maximum absolute atomic E-state index is 12.4. The van der Waals surface area contributed by atoms with Crippen molar-refractivity contribution in [1.29, 1.82) is 0 Å². The molecule has 0 bridgehead atoms. The largest absolute Gasteiger partial charge is 0.347 e. The van der Waals surface area contributed by atoms with Crippen LogP contribution in [0, 0.1) is 5.41 Å². The van der Waals surface area contributed by atoms with Gasteiger partial charge in [-0.3, -0.25) is 9.59 Å². The lowest BCUT2D eigenvalue weighted by molar-refractivity contribution is -0.132. The summed E-state index contributed by atoms with van der Waals surface area (Å²) in [6.45, 7) is 4.08. The molecule has 0 atom stereocenters. The van der Waals surface area contributed by atoms with Gasteiger partial charge in [-0.15, -0.1) is 12.4 Å². The van der Waals surface area contributed by atoms with Gasteiger partial charge in [-0.05, 0) is 24.3 Å². The van der Waals surface area contributed by atoms with Gasteiger partial charge < -0.3 is 16.4 Å². The van der Waals surface area contributed by atoms with Crippen LogP contribution in [0.25, 0.3) is 10.8 Å². The average molecular weight is 364 g/mol. The quantitative estimate of drug-likeness (QED) is 0.706. The van der Waals surface area contributed by atoms with Crippen molar-refractivity contribution in [3.05, 3.63) is 42.5 Å². The number of halogens is 1. The van der Waals surface area contributed by atoms with Gasteiger partial charge >= 0.3 is 0 Å². The van der Waals surface area contributed by atoms with Gasteiger partial charge in [-0.25, -0.2) is 0 Å². The fourth-order valence-electron chi connectivity index (χ4n) is 2.83. The van der Waals surface area contributed by atoms with Gasteiger partial charge in [0, 0.05) is 17.6 Å². The SMILES string of the molecule is CCC(CC)(CN)C(=O)NCC(=O)Nc1cccc2ccccc12.Cl. The lowest BCUT2D eigenvalue weighted by Crippen LogP contribution is -2.47. The molecule has 2 rings (SSSR count). The van der Waals surface area contributed by atoms with E-state index in [1.165, 1.54) is 0 Å². The second-order valence-electron chi connectivity index (χ2n) is 5.95. The molecular formula is C19H26ClN3O2. The van der Waals surface area contributed by atoms with Gasteiger partial charge in [-0.1, -0.05) is 50.2 Å². The van der Waals surface area contributed by atoms with Crippen molar-refractivity contribution in [3.63, 3.8) is 0 Å². The molecule has 5 nitrogen and oxygen atoms in total. The third kappa shape index (κ3) is 4.71. The first-order chi connectivity index (χ1) is 11.6. The molecule has 0 saturated carbocycles. The monoisotopic (exact) mass is 363 g/mol. The molecule has 2 aromatic rings. The van der Waals surface area contributed by atoms with E-state index in [0.29, 0.717) is 12.8 Å². The molecule has 6 heteroatoms. The summed E-state index contributed by atoms with van der Waals surface area (Å²) in [5.41, 5.74) is 5.90. The molecule has 0 aliphatic carbocycles. The summed E-state index contributed by atoms with van der Waals surface area (Å²) < 4.78 is 0. The maximum Gasteiger partial charge on any atom is 0.243 e. The van der Waals surface area contributed by atoms with Gasteiger partial charge in [-0.2, -0.15) is 0 Å². The minimum absolute atomic E-state index is 0. The lowest BCUT2D eigenvalue weighted by atomic mass is 9.81. The van der Waals surface area contributed by atoms with Crippen LogP contribution in [0.4, 0.5) is 5.69 Å². The zero-order chi connectivity index (χ0) is 17.6. The van der Waals surface area contributed by atoms with E-state index >= 15 is 0 Å². The number of carbonyl (C=O) groups excluding carboxylic acids is 2. The second kappa shape index (κ2) is 9.39. The van der Waals surface area contributed by atoms with Crippen molar-refractivity contribution >= 4 is 40.7 Å². The van der Waals surface area contributed by atoms with E-state index in [-0.39, 0.29) is 37.3 Å².